The molecule has 0 fully saturated rings. The van der Waals surface area contributed by atoms with Crippen LogP contribution in [-0.4, -0.2) is 43.4 Å². The fraction of sp³-hybridized carbons (Fsp3) is 0.200. The van der Waals surface area contributed by atoms with Crippen molar-refractivity contribution in [3.63, 3.8) is 0 Å². The monoisotopic (exact) mass is 429 g/mol. The van der Waals surface area contributed by atoms with Gasteiger partial charge in [-0.15, -0.1) is 5.10 Å². The molecule has 0 aliphatic heterocycles. The van der Waals surface area contributed by atoms with Crippen LogP contribution in [0.1, 0.15) is 5.56 Å². The molecule has 0 aliphatic carbocycles. The zero-order valence-electron chi connectivity index (χ0n) is 18.4. The van der Waals surface area contributed by atoms with E-state index in [9.17, 15) is 0 Å². The van der Waals surface area contributed by atoms with Crippen LogP contribution < -0.4 is 18.9 Å². The standard InChI is InChI=1S/C25H23N3O4/c1-29-22-10-15-9-16(14-28-21-8-6-5-7-20(21)26-27-28)18-12-24(31-3)25(32-4)13-19(18)17(15)11-23(22)30-2/h5-13H,14H2,1-4H3. The van der Waals surface area contributed by atoms with Gasteiger partial charge in [0.1, 0.15) is 5.52 Å². The molecule has 1 heterocycles. The summed E-state index contributed by atoms with van der Waals surface area (Å²) in [5.41, 5.74) is 2.92. The average molecular weight is 429 g/mol. The lowest BCUT2D eigenvalue weighted by molar-refractivity contribution is 0.355. The third kappa shape index (κ3) is 3.13. The first kappa shape index (κ1) is 19.9. The summed E-state index contributed by atoms with van der Waals surface area (Å²) in [6, 6.07) is 18.1. The van der Waals surface area contributed by atoms with Crippen molar-refractivity contribution in [1.82, 2.24) is 15.0 Å². The van der Waals surface area contributed by atoms with E-state index in [0.29, 0.717) is 29.5 Å². The molecule has 5 aromatic rings. The minimum absolute atomic E-state index is 0.552. The zero-order chi connectivity index (χ0) is 22.2. The van der Waals surface area contributed by atoms with Gasteiger partial charge in [0.25, 0.3) is 0 Å². The minimum Gasteiger partial charge on any atom is -0.493 e. The average Bonchev–Trinajstić information content (AvgIpc) is 3.25. The van der Waals surface area contributed by atoms with Crippen molar-refractivity contribution in [3.8, 4) is 23.0 Å². The zero-order valence-corrected chi connectivity index (χ0v) is 18.4. The second kappa shape index (κ2) is 7.92. The molecule has 0 bridgehead atoms. The van der Waals surface area contributed by atoms with Gasteiger partial charge in [-0.25, -0.2) is 4.68 Å². The SMILES string of the molecule is COc1cc2cc(Cn3nnc4ccccc43)c3cc(OC)c(OC)cc3c2cc1OC. The molecular formula is C25H23N3O4. The number of benzene rings is 4. The fourth-order valence-corrected chi connectivity index (χ4v) is 4.21. The van der Waals surface area contributed by atoms with Gasteiger partial charge < -0.3 is 18.9 Å². The van der Waals surface area contributed by atoms with Gasteiger partial charge in [-0.05, 0) is 69.6 Å². The molecule has 7 nitrogen and oxygen atoms in total. The van der Waals surface area contributed by atoms with Crippen LogP contribution in [0, 0.1) is 0 Å². The minimum atomic E-state index is 0.552. The van der Waals surface area contributed by atoms with Gasteiger partial charge >= 0.3 is 0 Å². The first-order valence-corrected chi connectivity index (χ1v) is 10.2. The van der Waals surface area contributed by atoms with E-state index in [1.807, 2.05) is 53.2 Å². The van der Waals surface area contributed by atoms with Crippen LogP contribution in [0.3, 0.4) is 0 Å². The Morgan fingerprint density at radius 3 is 1.97 bits per heavy atom. The van der Waals surface area contributed by atoms with Crippen LogP contribution in [-0.2, 0) is 6.54 Å². The van der Waals surface area contributed by atoms with Crippen LogP contribution in [0.4, 0.5) is 0 Å². The van der Waals surface area contributed by atoms with Crippen molar-refractivity contribution < 1.29 is 18.9 Å². The molecule has 0 N–H and O–H groups in total. The number of para-hydroxylation sites is 1. The van der Waals surface area contributed by atoms with Crippen molar-refractivity contribution in [2.45, 2.75) is 6.54 Å². The summed E-state index contributed by atoms with van der Waals surface area (Å²) in [4.78, 5) is 0. The third-order valence-electron chi connectivity index (χ3n) is 5.79. The second-order valence-electron chi connectivity index (χ2n) is 7.45. The van der Waals surface area contributed by atoms with E-state index < -0.39 is 0 Å². The Bertz CT molecular complexity index is 1460. The molecule has 0 saturated heterocycles. The van der Waals surface area contributed by atoms with Gasteiger partial charge in [0.05, 0.1) is 40.5 Å². The number of ether oxygens (including phenoxy) is 4. The highest BCUT2D eigenvalue weighted by molar-refractivity contribution is 6.11. The first-order chi connectivity index (χ1) is 15.7. The van der Waals surface area contributed by atoms with Crippen molar-refractivity contribution >= 4 is 32.6 Å². The summed E-state index contributed by atoms with van der Waals surface area (Å²) in [6.45, 7) is 0.552. The molecule has 0 saturated carbocycles. The molecule has 162 valence electrons. The lowest BCUT2D eigenvalue weighted by Crippen LogP contribution is -2.03. The molecule has 4 aromatic carbocycles. The summed E-state index contributed by atoms with van der Waals surface area (Å²) < 4.78 is 24.2. The molecule has 1 aromatic heterocycles. The smallest absolute Gasteiger partial charge is 0.161 e. The largest absolute Gasteiger partial charge is 0.493 e. The lowest BCUT2D eigenvalue weighted by Gasteiger charge is -2.16. The van der Waals surface area contributed by atoms with E-state index in [-0.39, 0.29) is 0 Å². The number of hydrogen-bond acceptors (Lipinski definition) is 6. The van der Waals surface area contributed by atoms with E-state index in [2.05, 4.69) is 16.4 Å². The maximum atomic E-state index is 5.59. The first-order valence-electron chi connectivity index (χ1n) is 10.2. The van der Waals surface area contributed by atoms with Gasteiger partial charge in [-0.3, -0.25) is 0 Å². The topological polar surface area (TPSA) is 67.6 Å². The number of aromatic nitrogens is 3. The number of rotatable bonds is 6. The van der Waals surface area contributed by atoms with Crippen LogP contribution in [0.25, 0.3) is 32.6 Å². The Labute approximate surface area is 185 Å². The predicted molar refractivity (Wildman–Crippen MR) is 124 cm³/mol. The number of nitrogens with zero attached hydrogens (tertiary/aromatic N) is 3. The van der Waals surface area contributed by atoms with Crippen molar-refractivity contribution in [2.24, 2.45) is 0 Å². The van der Waals surface area contributed by atoms with Crippen molar-refractivity contribution in [3.05, 3.63) is 60.2 Å². The second-order valence-corrected chi connectivity index (χ2v) is 7.45. The van der Waals surface area contributed by atoms with Gasteiger partial charge in [0.15, 0.2) is 23.0 Å². The van der Waals surface area contributed by atoms with Gasteiger partial charge in [-0.1, -0.05) is 17.3 Å². The fourth-order valence-electron chi connectivity index (χ4n) is 4.21. The van der Waals surface area contributed by atoms with Crippen LogP contribution in [0.15, 0.2) is 54.6 Å². The Kier molecular flexibility index (Phi) is 4.93. The molecule has 7 heteroatoms. The highest BCUT2D eigenvalue weighted by Gasteiger charge is 2.16. The summed E-state index contributed by atoms with van der Waals surface area (Å²) in [5.74, 6) is 2.69. The Hall–Kier alpha value is -4.00. The maximum absolute atomic E-state index is 5.59. The lowest BCUT2D eigenvalue weighted by atomic mass is 9.96. The van der Waals surface area contributed by atoms with Crippen molar-refractivity contribution in [2.75, 3.05) is 28.4 Å². The molecule has 32 heavy (non-hydrogen) atoms. The summed E-state index contributed by atoms with van der Waals surface area (Å²) in [5, 5.41) is 12.8. The summed E-state index contributed by atoms with van der Waals surface area (Å²) in [6.07, 6.45) is 0. The molecule has 0 aliphatic rings. The molecule has 0 radical (unpaired) electrons. The van der Waals surface area contributed by atoms with E-state index >= 15 is 0 Å². The van der Waals surface area contributed by atoms with E-state index in [4.69, 9.17) is 18.9 Å². The van der Waals surface area contributed by atoms with Crippen molar-refractivity contribution in [1.29, 1.82) is 0 Å². The maximum Gasteiger partial charge on any atom is 0.161 e. The summed E-state index contributed by atoms with van der Waals surface area (Å²) >= 11 is 0. The molecule has 0 spiro atoms. The van der Waals surface area contributed by atoms with Crippen LogP contribution in [0.5, 0.6) is 23.0 Å². The number of fused-ring (bicyclic) bond motifs is 4. The predicted octanol–water partition coefficient (Wildman–Crippen LogP) is 4.82. The molecule has 5 rings (SSSR count). The third-order valence-corrected chi connectivity index (χ3v) is 5.79. The Morgan fingerprint density at radius 1 is 0.688 bits per heavy atom. The van der Waals surface area contributed by atoms with Gasteiger partial charge in [0, 0.05) is 0 Å². The highest BCUT2D eigenvalue weighted by Crippen LogP contribution is 2.41. The quantitative estimate of drug-likeness (QED) is 0.361. The van der Waals surface area contributed by atoms with E-state index in [1.54, 1.807) is 28.4 Å². The highest BCUT2D eigenvalue weighted by atomic mass is 16.5. The molecule has 0 amide bonds. The molecular weight excluding hydrogens is 406 g/mol. The normalized spacial score (nSPS) is 11.2. The number of methoxy groups -OCH3 is 4. The van der Waals surface area contributed by atoms with E-state index in [1.165, 1.54) is 0 Å². The number of hydrogen-bond donors (Lipinski definition) is 0. The molecule has 0 unspecified atom stereocenters. The van der Waals surface area contributed by atoms with E-state index in [0.717, 1.165) is 38.1 Å². The van der Waals surface area contributed by atoms with Gasteiger partial charge in [0.2, 0.25) is 0 Å². The summed E-state index contributed by atoms with van der Waals surface area (Å²) in [7, 11) is 6.56. The Balaban J connectivity index is 1.81. The van der Waals surface area contributed by atoms with Crippen LogP contribution in [0.2, 0.25) is 0 Å². The Morgan fingerprint density at radius 2 is 1.28 bits per heavy atom. The molecule has 0 atom stereocenters. The van der Waals surface area contributed by atoms with Gasteiger partial charge in [-0.2, -0.15) is 0 Å². The van der Waals surface area contributed by atoms with Crippen LogP contribution >= 0.6 is 0 Å².